The van der Waals surface area contributed by atoms with E-state index in [1.807, 2.05) is 60.7 Å². The van der Waals surface area contributed by atoms with Crippen LogP contribution in [-0.2, 0) is 17.8 Å². The van der Waals surface area contributed by atoms with Gasteiger partial charge in [-0.25, -0.2) is 0 Å². The molecule has 0 unspecified atom stereocenters. The summed E-state index contributed by atoms with van der Waals surface area (Å²) in [6.45, 7) is 0.228. The highest BCUT2D eigenvalue weighted by molar-refractivity contribution is 5.78. The third kappa shape index (κ3) is 3.58. The fourth-order valence-electron chi connectivity index (χ4n) is 2.05. The Bertz CT molecular complexity index is 739. The van der Waals surface area contributed by atoms with Gasteiger partial charge in [-0.2, -0.15) is 4.98 Å². The average molecular weight is 293 g/mol. The summed E-state index contributed by atoms with van der Waals surface area (Å²) >= 11 is 0. The van der Waals surface area contributed by atoms with Crippen LogP contribution in [0.3, 0.4) is 0 Å². The molecule has 0 aliphatic heterocycles. The van der Waals surface area contributed by atoms with Crippen LogP contribution in [-0.4, -0.2) is 16.0 Å². The lowest BCUT2D eigenvalue weighted by Crippen LogP contribution is -2.24. The lowest BCUT2D eigenvalue weighted by molar-refractivity contribution is -0.120. The van der Waals surface area contributed by atoms with Gasteiger partial charge in [0.1, 0.15) is 0 Å². The van der Waals surface area contributed by atoms with Crippen molar-refractivity contribution in [2.24, 2.45) is 0 Å². The minimum atomic E-state index is -0.0781. The first kappa shape index (κ1) is 14.0. The predicted octanol–water partition coefficient (Wildman–Crippen LogP) is 2.60. The fourth-order valence-corrected chi connectivity index (χ4v) is 2.05. The molecule has 0 saturated carbocycles. The van der Waals surface area contributed by atoms with Gasteiger partial charge < -0.3 is 9.84 Å². The number of nitrogens with zero attached hydrogens (tertiary/aromatic N) is 2. The van der Waals surface area contributed by atoms with E-state index in [1.54, 1.807) is 0 Å². The number of hydrogen-bond donors (Lipinski definition) is 1. The molecule has 0 saturated heterocycles. The summed E-state index contributed by atoms with van der Waals surface area (Å²) in [4.78, 5) is 16.1. The quantitative estimate of drug-likeness (QED) is 0.785. The molecular formula is C17H15N3O2. The van der Waals surface area contributed by atoms with Gasteiger partial charge in [-0.15, -0.1) is 0 Å². The van der Waals surface area contributed by atoms with Crippen LogP contribution in [0.5, 0.6) is 0 Å². The van der Waals surface area contributed by atoms with E-state index in [2.05, 4.69) is 15.5 Å². The maximum Gasteiger partial charge on any atom is 0.246 e. The van der Waals surface area contributed by atoms with Crippen molar-refractivity contribution in [1.29, 1.82) is 0 Å². The highest BCUT2D eigenvalue weighted by Gasteiger charge is 2.09. The van der Waals surface area contributed by atoms with Gasteiger partial charge >= 0.3 is 0 Å². The summed E-state index contributed by atoms with van der Waals surface area (Å²) in [6.07, 6.45) is 0.334. The Balaban J connectivity index is 1.56. The van der Waals surface area contributed by atoms with Crippen LogP contribution in [0.15, 0.2) is 65.2 Å². The second-order valence-electron chi connectivity index (χ2n) is 4.82. The summed E-state index contributed by atoms with van der Waals surface area (Å²) in [5.41, 5.74) is 1.85. The highest BCUT2D eigenvalue weighted by Crippen LogP contribution is 2.14. The van der Waals surface area contributed by atoms with E-state index >= 15 is 0 Å². The molecule has 22 heavy (non-hydrogen) atoms. The Morgan fingerprint density at radius 1 is 1.00 bits per heavy atom. The van der Waals surface area contributed by atoms with Gasteiger partial charge in [-0.05, 0) is 5.56 Å². The van der Waals surface area contributed by atoms with Crippen LogP contribution in [0.2, 0.25) is 0 Å². The van der Waals surface area contributed by atoms with E-state index in [1.165, 1.54) is 0 Å². The molecule has 3 aromatic rings. The SMILES string of the molecule is O=C(Cc1ccccc1)NCc1nc(-c2ccccc2)no1. The van der Waals surface area contributed by atoms with E-state index in [4.69, 9.17) is 4.52 Å². The van der Waals surface area contributed by atoms with Crippen molar-refractivity contribution in [3.05, 3.63) is 72.1 Å². The third-order valence-electron chi connectivity index (χ3n) is 3.14. The molecule has 5 nitrogen and oxygen atoms in total. The summed E-state index contributed by atoms with van der Waals surface area (Å²) in [5, 5.41) is 6.69. The zero-order valence-electron chi connectivity index (χ0n) is 11.9. The molecule has 110 valence electrons. The molecule has 0 radical (unpaired) electrons. The number of amides is 1. The lowest BCUT2D eigenvalue weighted by Gasteiger charge is -2.02. The molecule has 0 spiro atoms. The molecule has 0 atom stereocenters. The molecule has 1 N–H and O–H groups in total. The minimum absolute atomic E-state index is 0.0781. The number of hydrogen-bond acceptors (Lipinski definition) is 4. The minimum Gasteiger partial charge on any atom is -0.347 e. The Morgan fingerprint density at radius 3 is 2.41 bits per heavy atom. The van der Waals surface area contributed by atoms with Gasteiger partial charge in [0.2, 0.25) is 17.6 Å². The van der Waals surface area contributed by atoms with Gasteiger partial charge in [0.15, 0.2) is 0 Å². The first-order valence-electron chi connectivity index (χ1n) is 7.00. The average Bonchev–Trinajstić information content (AvgIpc) is 3.04. The van der Waals surface area contributed by atoms with Crippen LogP contribution < -0.4 is 5.32 Å². The summed E-state index contributed by atoms with van der Waals surface area (Å²) in [6, 6.07) is 19.1. The standard InChI is InChI=1S/C17H15N3O2/c21-15(11-13-7-3-1-4-8-13)18-12-16-19-17(20-22-16)14-9-5-2-6-10-14/h1-10H,11-12H2,(H,18,21). The van der Waals surface area contributed by atoms with Crippen LogP contribution in [0.25, 0.3) is 11.4 Å². The van der Waals surface area contributed by atoms with Crippen LogP contribution >= 0.6 is 0 Å². The maximum absolute atomic E-state index is 11.9. The molecule has 3 rings (SSSR count). The van der Waals surface area contributed by atoms with Crippen molar-refractivity contribution in [1.82, 2.24) is 15.5 Å². The first-order chi connectivity index (χ1) is 10.8. The Hall–Kier alpha value is -2.95. The molecule has 1 amide bonds. The van der Waals surface area contributed by atoms with E-state index in [0.29, 0.717) is 18.1 Å². The number of carbonyl (C=O) groups excluding carboxylic acids is 1. The second-order valence-corrected chi connectivity index (χ2v) is 4.82. The van der Waals surface area contributed by atoms with Crippen molar-refractivity contribution in [2.75, 3.05) is 0 Å². The van der Waals surface area contributed by atoms with Gasteiger partial charge in [-0.1, -0.05) is 65.8 Å². The smallest absolute Gasteiger partial charge is 0.246 e. The second kappa shape index (κ2) is 6.67. The van der Waals surface area contributed by atoms with Gasteiger partial charge in [0.25, 0.3) is 0 Å². The van der Waals surface area contributed by atoms with Crippen LogP contribution in [0.4, 0.5) is 0 Å². The normalized spacial score (nSPS) is 10.4. The van der Waals surface area contributed by atoms with Crippen molar-refractivity contribution >= 4 is 5.91 Å². The topological polar surface area (TPSA) is 68.0 Å². The molecule has 1 aromatic heterocycles. The van der Waals surface area contributed by atoms with E-state index in [0.717, 1.165) is 11.1 Å². The Kier molecular flexibility index (Phi) is 4.25. The van der Waals surface area contributed by atoms with Crippen molar-refractivity contribution in [3.8, 4) is 11.4 Å². The zero-order chi connectivity index (χ0) is 15.2. The van der Waals surface area contributed by atoms with Gasteiger partial charge in [-0.3, -0.25) is 4.79 Å². The molecule has 0 fully saturated rings. The van der Waals surface area contributed by atoms with Crippen molar-refractivity contribution in [3.63, 3.8) is 0 Å². The monoisotopic (exact) mass is 293 g/mol. The summed E-state index contributed by atoms with van der Waals surface area (Å²) in [7, 11) is 0. The van der Waals surface area contributed by atoms with Gasteiger partial charge in [0.05, 0.1) is 13.0 Å². The van der Waals surface area contributed by atoms with E-state index in [9.17, 15) is 4.79 Å². The molecule has 0 bridgehead atoms. The van der Waals surface area contributed by atoms with E-state index < -0.39 is 0 Å². The van der Waals surface area contributed by atoms with Crippen molar-refractivity contribution < 1.29 is 9.32 Å². The molecule has 5 heteroatoms. The molecule has 0 aliphatic rings. The van der Waals surface area contributed by atoms with Crippen molar-refractivity contribution in [2.45, 2.75) is 13.0 Å². The molecule has 1 heterocycles. The Labute approximate surface area is 128 Å². The summed E-state index contributed by atoms with van der Waals surface area (Å²) in [5.74, 6) is 0.832. The fraction of sp³-hybridized carbons (Fsp3) is 0.118. The number of carbonyl (C=O) groups is 1. The molecular weight excluding hydrogens is 278 g/mol. The van der Waals surface area contributed by atoms with Gasteiger partial charge in [0, 0.05) is 5.56 Å². The Morgan fingerprint density at radius 2 is 1.68 bits per heavy atom. The largest absolute Gasteiger partial charge is 0.347 e. The number of benzene rings is 2. The number of rotatable bonds is 5. The number of nitrogens with one attached hydrogen (secondary N) is 1. The zero-order valence-corrected chi connectivity index (χ0v) is 11.9. The van der Waals surface area contributed by atoms with Crippen LogP contribution in [0, 0.1) is 0 Å². The maximum atomic E-state index is 11.9. The number of aromatic nitrogens is 2. The molecule has 2 aromatic carbocycles. The predicted molar refractivity (Wildman–Crippen MR) is 81.7 cm³/mol. The summed E-state index contributed by atoms with van der Waals surface area (Å²) < 4.78 is 5.14. The van der Waals surface area contributed by atoms with E-state index in [-0.39, 0.29) is 12.5 Å². The molecule has 0 aliphatic carbocycles. The third-order valence-corrected chi connectivity index (χ3v) is 3.14. The highest BCUT2D eigenvalue weighted by atomic mass is 16.5. The lowest BCUT2D eigenvalue weighted by atomic mass is 10.1. The first-order valence-corrected chi connectivity index (χ1v) is 7.00. The van der Waals surface area contributed by atoms with Crippen LogP contribution in [0.1, 0.15) is 11.5 Å².